The highest BCUT2D eigenvalue weighted by Crippen LogP contribution is 2.42. The van der Waals surface area contributed by atoms with Crippen LogP contribution in [0.5, 0.6) is 5.88 Å². The zero-order chi connectivity index (χ0) is 30.5. The fraction of sp³-hybridized carbons (Fsp3) is 0.621. The summed E-state index contributed by atoms with van der Waals surface area (Å²) in [4.78, 5) is 13.4. The summed E-state index contributed by atoms with van der Waals surface area (Å²) in [6.07, 6.45) is 2.94. The summed E-state index contributed by atoms with van der Waals surface area (Å²) < 4.78 is 53.9. The number of aryl methyl sites for hydroxylation is 3. The maximum Gasteiger partial charge on any atom is 0.341 e. The molecular weight excluding hydrogens is 560 g/mol. The fourth-order valence-electron chi connectivity index (χ4n) is 5.39. The SMILES string of the molecule is Cc1cc(C)c(S(=O)(=O)Oc2ncnc3c2ncn3[C@@]2([Si](C)C)C[C@H](OC(C)(C)C)[C@@H](COC(C)(C)C)O2)c(C)c1. The first kappa shape index (κ1) is 31.6. The molecule has 1 aromatic carbocycles. The van der Waals surface area contributed by atoms with Crippen LogP contribution in [0.4, 0.5) is 0 Å². The van der Waals surface area contributed by atoms with E-state index in [0.29, 0.717) is 29.8 Å². The van der Waals surface area contributed by atoms with E-state index in [1.807, 2.05) is 65.2 Å². The molecular formula is C29H43N4O6SSi. The summed E-state index contributed by atoms with van der Waals surface area (Å²) in [7, 11) is -5.40. The van der Waals surface area contributed by atoms with Crippen LogP contribution in [-0.4, -0.2) is 66.8 Å². The molecule has 10 nitrogen and oxygen atoms in total. The van der Waals surface area contributed by atoms with E-state index in [1.54, 1.807) is 20.2 Å². The highest BCUT2D eigenvalue weighted by molar-refractivity contribution is 7.87. The van der Waals surface area contributed by atoms with Crippen molar-refractivity contribution in [2.24, 2.45) is 0 Å². The first-order valence-corrected chi connectivity index (χ1v) is 17.7. The molecule has 0 amide bonds. The van der Waals surface area contributed by atoms with Crippen LogP contribution in [0.25, 0.3) is 11.2 Å². The monoisotopic (exact) mass is 603 g/mol. The van der Waals surface area contributed by atoms with Gasteiger partial charge in [-0.05, 0) is 73.4 Å². The molecule has 4 rings (SSSR count). The van der Waals surface area contributed by atoms with Crippen LogP contribution in [0.1, 0.15) is 64.7 Å². The number of benzene rings is 1. The quantitative estimate of drug-likeness (QED) is 0.251. The molecule has 225 valence electrons. The minimum absolute atomic E-state index is 0.126. The molecule has 0 saturated carbocycles. The number of nitrogens with zero attached hydrogens (tertiary/aromatic N) is 4. The normalized spacial score (nSPS) is 22.1. The number of aromatic nitrogens is 4. The predicted molar refractivity (Wildman–Crippen MR) is 159 cm³/mol. The predicted octanol–water partition coefficient (Wildman–Crippen LogP) is 5.25. The van der Waals surface area contributed by atoms with Crippen molar-refractivity contribution in [1.82, 2.24) is 19.5 Å². The van der Waals surface area contributed by atoms with Crippen molar-refractivity contribution in [2.45, 2.75) is 115 Å². The van der Waals surface area contributed by atoms with Gasteiger partial charge in [-0.2, -0.15) is 13.4 Å². The molecule has 1 radical (unpaired) electrons. The fourth-order valence-corrected chi connectivity index (χ4v) is 8.35. The zero-order valence-electron chi connectivity index (χ0n) is 26.0. The van der Waals surface area contributed by atoms with Gasteiger partial charge < -0.3 is 18.4 Å². The second-order valence-electron chi connectivity index (χ2n) is 13.1. The Balaban J connectivity index is 1.76. The topological polar surface area (TPSA) is 115 Å². The molecule has 0 aliphatic carbocycles. The molecule has 1 aliphatic heterocycles. The van der Waals surface area contributed by atoms with Gasteiger partial charge in [-0.1, -0.05) is 30.8 Å². The number of ether oxygens (including phenoxy) is 3. The Hall–Kier alpha value is -2.38. The highest BCUT2D eigenvalue weighted by Gasteiger charge is 2.53. The number of hydrogen-bond donors (Lipinski definition) is 0. The summed E-state index contributed by atoms with van der Waals surface area (Å²) >= 11 is 0. The molecule has 3 atom stereocenters. The Morgan fingerprint density at radius 2 is 1.66 bits per heavy atom. The molecule has 1 fully saturated rings. The van der Waals surface area contributed by atoms with Gasteiger partial charge in [-0.25, -0.2) is 9.97 Å². The molecule has 0 bridgehead atoms. The number of imidazole rings is 1. The third-order valence-corrected chi connectivity index (χ3v) is 10.6. The molecule has 1 saturated heterocycles. The second kappa shape index (κ2) is 11.0. The van der Waals surface area contributed by atoms with Crippen molar-refractivity contribution in [1.29, 1.82) is 0 Å². The standard InChI is InChI=1S/C29H43N4O6SSi/c1-18-12-19(2)24(20(3)13-18)40(34,35)39-26-23-25(30-16-31-26)33(17-32-23)29(41(10)11)14-21(37-28(7,8)9)22(38-29)15-36-27(4,5)6/h12-13,16-17,21-22H,14-15H2,1-11H3/t21-,22+,29-/m0/s1. The highest BCUT2D eigenvalue weighted by atomic mass is 32.2. The van der Waals surface area contributed by atoms with Crippen molar-refractivity contribution in [3.63, 3.8) is 0 Å². The minimum Gasteiger partial charge on any atom is -0.373 e. The van der Waals surface area contributed by atoms with Crippen molar-refractivity contribution < 1.29 is 26.8 Å². The van der Waals surface area contributed by atoms with E-state index in [2.05, 4.69) is 28.0 Å². The molecule has 0 N–H and O–H groups in total. The van der Waals surface area contributed by atoms with Gasteiger partial charge in [0, 0.05) is 6.42 Å². The lowest BCUT2D eigenvalue weighted by Gasteiger charge is -2.34. The van der Waals surface area contributed by atoms with E-state index < -0.39 is 24.3 Å². The van der Waals surface area contributed by atoms with E-state index in [-0.39, 0.29) is 39.7 Å². The minimum atomic E-state index is -4.18. The van der Waals surface area contributed by atoms with Crippen LogP contribution < -0.4 is 4.18 Å². The number of hydrogen-bond acceptors (Lipinski definition) is 9. The maximum absolute atomic E-state index is 13.4. The summed E-state index contributed by atoms with van der Waals surface area (Å²) in [5, 5.41) is -0.782. The van der Waals surface area contributed by atoms with E-state index in [9.17, 15) is 8.42 Å². The lowest BCUT2D eigenvalue weighted by atomic mass is 10.1. The van der Waals surface area contributed by atoms with Gasteiger partial charge in [-0.15, -0.1) is 0 Å². The van der Waals surface area contributed by atoms with Crippen LogP contribution >= 0.6 is 0 Å². The lowest BCUT2D eigenvalue weighted by Crippen LogP contribution is -2.45. The van der Waals surface area contributed by atoms with Gasteiger partial charge in [0.2, 0.25) is 0 Å². The van der Waals surface area contributed by atoms with Gasteiger partial charge in [-0.3, -0.25) is 4.57 Å². The largest absolute Gasteiger partial charge is 0.373 e. The van der Waals surface area contributed by atoms with Crippen molar-refractivity contribution in [2.75, 3.05) is 6.61 Å². The Morgan fingerprint density at radius 1 is 1.02 bits per heavy atom. The van der Waals surface area contributed by atoms with E-state index in [4.69, 9.17) is 18.4 Å². The van der Waals surface area contributed by atoms with E-state index in [0.717, 1.165) is 5.56 Å². The molecule has 2 aromatic heterocycles. The summed E-state index contributed by atoms with van der Waals surface area (Å²) in [6, 6.07) is 3.63. The van der Waals surface area contributed by atoms with Gasteiger partial charge in [0.1, 0.15) is 31.5 Å². The zero-order valence-corrected chi connectivity index (χ0v) is 27.8. The summed E-state index contributed by atoms with van der Waals surface area (Å²) in [5.41, 5.74) is 2.13. The molecule has 3 heterocycles. The van der Waals surface area contributed by atoms with E-state index in [1.165, 1.54) is 6.33 Å². The Morgan fingerprint density at radius 3 is 2.22 bits per heavy atom. The molecule has 0 unspecified atom stereocenters. The smallest absolute Gasteiger partial charge is 0.341 e. The van der Waals surface area contributed by atoms with Crippen molar-refractivity contribution in [3.05, 3.63) is 41.5 Å². The van der Waals surface area contributed by atoms with Crippen LogP contribution in [0.3, 0.4) is 0 Å². The summed E-state index contributed by atoms with van der Waals surface area (Å²) in [6.45, 7) is 22.3. The van der Waals surface area contributed by atoms with Crippen LogP contribution in [0.15, 0.2) is 29.7 Å². The van der Waals surface area contributed by atoms with E-state index >= 15 is 0 Å². The lowest BCUT2D eigenvalue weighted by molar-refractivity contribution is -0.139. The Labute approximate surface area is 245 Å². The summed E-state index contributed by atoms with van der Waals surface area (Å²) in [5.74, 6) is -0.127. The first-order valence-electron chi connectivity index (χ1n) is 13.8. The third-order valence-electron chi connectivity index (χ3n) is 6.94. The van der Waals surface area contributed by atoms with Gasteiger partial charge in [0.05, 0.1) is 30.2 Å². The molecule has 12 heteroatoms. The number of fused-ring (bicyclic) bond motifs is 1. The van der Waals surface area contributed by atoms with Gasteiger partial charge in [0.25, 0.3) is 5.88 Å². The average Bonchev–Trinajstić information content (AvgIpc) is 3.38. The molecule has 0 spiro atoms. The van der Waals surface area contributed by atoms with Gasteiger partial charge in [0.15, 0.2) is 11.2 Å². The maximum atomic E-state index is 13.4. The molecule has 3 aromatic rings. The van der Waals surface area contributed by atoms with Crippen molar-refractivity contribution in [3.8, 4) is 5.88 Å². The first-order chi connectivity index (χ1) is 18.8. The van der Waals surface area contributed by atoms with Crippen LogP contribution in [-0.2, 0) is 29.7 Å². The molecule has 1 aliphatic rings. The third kappa shape index (κ3) is 6.66. The Kier molecular flexibility index (Phi) is 8.49. The molecule has 41 heavy (non-hydrogen) atoms. The number of rotatable bonds is 8. The van der Waals surface area contributed by atoms with Crippen LogP contribution in [0.2, 0.25) is 13.1 Å². The Bertz CT molecular complexity index is 1500. The van der Waals surface area contributed by atoms with Crippen molar-refractivity contribution >= 4 is 30.1 Å². The average molecular weight is 604 g/mol. The van der Waals surface area contributed by atoms with Gasteiger partial charge >= 0.3 is 10.1 Å². The second-order valence-corrected chi connectivity index (χ2v) is 17.3. The van der Waals surface area contributed by atoms with Crippen LogP contribution in [0, 0.1) is 20.8 Å².